The average Bonchev–Trinajstić information content (AvgIpc) is 3.25. The summed E-state index contributed by atoms with van der Waals surface area (Å²) in [4.78, 5) is 30.2. The van der Waals surface area contributed by atoms with E-state index >= 15 is 0 Å². The van der Waals surface area contributed by atoms with Crippen molar-refractivity contribution in [1.82, 2.24) is 10.3 Å². The highest BCUT2D eigenvalue weighted by atomic mass is 32.2. The molecule has 5 nitrogen and oxygen atoms in total. The fraction of sp³-hybridized carbons (Fsp3) is 0.261. The van der Waals surface area contributed by atoms with E-state index in [1.54, 1.807) is 23.9 Å². The third-order valence-electron chi connectivity index (χ3n) is 4.69. The van der Waals surface area contributed by atoms with E-state index in [9.17, 15) is 9.59 Å². The predicted octanol–water partition coefficient (Wildman–Crippen LogP) is 4.63. The van der Waals surface area contributed by atoms with E-state index in [2.05, 4.69) is 15.6 Å². The van der Waals surface area contributed by atoms with E-state index in [0.717, 1.165) is 27.7 Å². The van der Waals surface area contributed by atoms with Gasteiger partial charge in [-0.2, -0.15) is 25.3 Å². The summed E-state index contributed by atoms with van der Waals surface area (Å²) in [5.74, 6) is 0.544. The van der Waals surface area contributed by atoms with Gasteiger partial charge in [0.25, 0.3) is 5.91 Å². The van der Waals surface area contributed by atoms with Crippen molar-refractivity contribution >= 4 is 54.0 Å². The monoisotopic (exact) mass is 473 g/mol. The first-order valence-corrected chi connectivity index (χ1v) is 12.0. The minimum absolute atomic E-state index is 0. The molecule has 0 aliphatic carbocycles. The molecule has 0 saturated heterocycles. The van der Waals surface area contributed by atoms with Crippen LogP contribution in [0.4, 0.5) is 5.69 Å². The number of nitrogens with zero attached hydrogens (tertiary/aromatic N) is 1. The minimum atomic E-state index is -0.530. The highest BCUT2D eigenvalue weighted by Crippen LogP contribution is 2.22. The number of carbonyl (C=O) groups is 2. The first-order chi connectivity index (χ1) is 14.6. The van der Waals surface area contributed by atoms with Crippen LogP contribution in [0.2, 0.25) is 0 Å². The zero-order valence-corrected chi connectivity index (χ0v) is 20.2. The Kier molecular flexibility index (Phi) is 10.1. The molecule has 0 aliphatic heterocycles. The SMILES string of the molecule is CNc1ccc(C(=O)N[C@@H](CCSC)C(=O)Cc2nc(-c3ccccc3)cs2)cc1.S. The molecule has 1 heterocycles. The minimum Gasteiger partial charge on any atom is -0.388 e. The Morgan fingerprint density at radius 1 is 1.10 bits per heavy atom. The molecule has 1 amide bonds. The van der Waals surface area contributed by atoms with Gasteiger partial charge >= 0.3 is 0 Å². The summed E-state index contributed by atoms with van der Waals surface area (Å²) in [5.41, 5.74) is 3.37. The Balaban J connectivity index is 0.00000341. The number of thioether (sulfide) groups is 1. The number of hydrogen-bond acceptors (Lipinski definition) is 6. The number of anilines is 1. The molecule has 3 aromatic rings. The van der Waals surface area contributed by atoms with Gasteiger partial charge in [-0.15, -0.1) is 11.3 Å². The Morgan fingerprint density at radius 3 is 2.45 bits per heavy atom. The third-order valence-corrected chi connectivity index (χ3v) is 6.18. The van der Waals surface area contributed by atoms with Gasteiger partial charge in [0.15, 0.2) is 5.78 Å². The van der Waals surface area contributed by atoms with Crippen LogP contribution in [-0.4, -0.2) is 41.8 Å². The molecule has 0 bridgehead atoms. The van der Waals surface area contributed by atoms with Crippen molar-refractivity contribution in [2.75, 3.05) is 24.4 Å². The molecule has 0 saturated carbocycles. The second-order valence-corrected chi connectivity index (χ2v) is 8.70. The molecule has 2 N–H and O–H groups in total. The van der Waals surface area contributed by atoms with Gasteiger partial charge in [0.2, 0.25) is 0 Å². The summed E-state index contributed by atoms with van der Waals surface area (Å²) >= 11 is 3.13. The predicted molar refractivity (Wildman–Crippen MR) is 137 cm³/mol. The molecule has 0 unspecified atom stereocenters. The molecule has 3 rings (SSSR count). The van der Waals surface area contributed by atoms with E-state index in [4.69, 9.17) is 0 Å². The van der Waals surface area contributed by atoms with Crippen LogP contribution < -0.4 is 10.6 Å². The standard InChI is InChI=1S/C23H25N3O2S2.H2S/c1-24-18-10-8-17(9-11-18)23(28)26-19(12-13-29-2)21(27)14-22-25-20(15-30-22)16-6-4-3-5-7-16;/h3-11,15,19,24H,12-14H2,1-2H3,(H,26,28);1H2/t19-;/m0./s1. The number of hydrogen-bond donors (Lipinski definition) is 2. The highest BCUT2D eigenvalue weighted by molar-refractivity contribution is 7.98. The fourth-order valence-corrected chi connectivity index (χ4v) is 4.27. The maximum atomic E-state index is 13.0. The van der Waals surface area contributed by atoms with Crippen molar-refractivity contribution in [3.05, 3.63) is 70.5 Å². The van der Waals surface area contributed by atoms with Crippen molar-refractivity contribution in [3.8, 4) is 11.3 Å². The van der Waals surface area contributed by atoms with Crippen molar-refractivity contribution in [3.63, 3.8) is 0 Å². The number of rotatable bonds is 10. The lowest BCUT2D eigenvalue weighted by atomic mass is 10.1. The van der Waals surface area contributed by atoms with Gasteiger partial charge in [0.05, 0.1) is 18.2 Å². The van der Waals surface area contributed by atoms with Crippen molar-refractivity contribution in [2.24, 2.45) is 0 Å². The molecular weight excluding hydrogens is 446 g/mol. The largest absolute Gasteiger partial charge is 0.388 e. The van der Waals surface area contributed by atoms with Crippen LogP contribution in [0.1, 0.15) is 21.8 Å². The van der Waals surface area contributed by atoms with Crippen molar-refractivity contribution in [2.45, 2.75) is 18.9 Å². The second-order valence-electron chi connectivity index (χ2n) is 6.77. The Hall–Kier alpha value is -2.29. The van der Waals surface area contributed by atoms with Crippen LogP contribution in [0.25, 0.3) is 11.3 Å². The summed E-state index contributed by atoms with van der Waals surface area (Å²) in [6.07, 6.45) is 2.81. The number of nitrogens with one attached hydrogen (secondary N) is 2. The maximum Gasteiger partial charge on any atom is 0.251 e. The number of amides is 1. The number of carbonyl (C=O) groups excluding carboxylic acids is 2. The second kappa shape index (κ2) is 12.5. The molecular formula is C23H27N3O2S3. The van der Waals surface area contributed by atoms with E-state index in [-0.39, 0.29) is 31.6 Å². The molecule has 2 aromatic carbocycles. The molecule has 0 radical (unpaired) electrons. The first kappa shape index (κ1) is 25.0. The van der Waals surface area contributed by atoms with Gasteiger partial charge in [0.1, 0.15) is 5.01 Å². The van der Waals surface area contributed by atoms with Crippen LogP contribution in [0, 0.1) is 0 Å². The summed E-state index contributed by atoms with van der Waals surface area (Å²) in [6, 6.07) is 16.6. The van der Waals surface area contributed by atoms with Gasteiger partial charge in [-0.3, -0.25) is 9.59 Å². The fourth-order valence-electron chi connectivity index (χ4n) is 2.99. The third kappa shape index (κ3) is 7.12. The smallest absolute Gasteiger partial charge is 0.251 e. The van der Waals surface area contributed by atoms with E-state index in [1.165, 1.54) is 11.3 Å². The number of Topliss-reactive ketones (excluding diaryl/α,β-unsaturated/α-hetero) is 1. The van der Waals surface area contributed by atoms with Gasteiger partial charge in [0, 0.05) is 29.2 Å². The average molecular weight is 474 g/mol. The number of ketones is 1. The van der Waals surface area contributed by atoms with E-state index in [0.29, 0.717) is 12.0 Å². The number of aromatic nitrogens is 1. The van der Waals surface area contributed by atoms with E-state index in [1.807, 2.05) is 61.1 Å². The summed E-state index contributed by atoms with van der Waals surface area (Å²) in [5, 5.41) is 8.68. The zero-order valence-electron chi connectivity index (χ0n) is 17.6. The molecule has 8 heteroatoms. The molecule has 164 valence electrons. The topological polar surface area (TPSA) is 71.1 Å². The van der Waals surface area contributed by atoms with Gasteiger partial charge in [-0.25, -0.2) is 4.98 Å². The van der Waals surface area contributed by atoms with Crippen LogP contribution in [0.5, 0.6) is 0 Å². The van der Waals surface area contributed by atoms with Crippen LogP contribution >= 0.6 is 36.6 Å². The van der Waals surface area contributed by atoms with Crippen LogP contribution in [0.15, 0.2) is 60.0 Å². The van der Waals surface area contributed by atoms with Crippen LogP contribution in [-0.2, 0) is 11.2 Å². The molecule has 0 spiro atoms. The lowest BCUT2D eigenvalue weighted by Gasteiger charge is -2.17. The Labute approximate surface area is 198 Å². The van der Waals surface area contributed by atoms with E-state index < -0.39 is 6.04 Å². The first-order valence-electron chi connectivity index (χ1n) is 9.71. The molecule has 1 aromatic heterocycles. The number of thiazole rings is 1. The molecule has 31 heavy (non-hydrogen) atoms. The summed E-state index contributed by atoms with van der Waals surface area (Å²) in [6.45, 7) is 0. The lowest BCUT2D eigenvalue weighted by molar-refractivity contribution is -0.120. The Bertz CT molecular complexity index is 975. The molecule has 0 aliphatic rings. The van der Waals surface area contributed by atoms with Gasteiger partial charge in [-0.1, -0.05) is 30.3 Å². The Morgan fingerprint density at radius 2 is 1.81 bits per heavy atom. The van der Waals surface area contributed by atoms with Gasteiger partial charge < -0.3 is 10.6 Å². The normalized spacial score (nSPS) is 11.3. The van der Waals surface area contributed by atoms with Crippen molar-refractivity contribution < 1.29 is 9.59 Å². The number of benzene rings is 2. The van der Waals surface area contributed by atoms with Crippen molar-refractivity contribution in [1.29, 1.82) is 0 Å². The lowest BCUT2D eigenvalue weighted by Crippen LogP contribution is -2.42. The van der Waals surface area contributed by atoms with Gasteiger partial charge in [-0.05, 0) is 42.7 Å². The quantitative estimate of drug-likeness (QED) is 0.449. The highest BCUT2D eigenvalue weighted by Gasteiger charge is 2.22. The molecule has 0 fully saturated rings. The summed E-state index contributed by atoms with van der Waals surface area (Å²) in [7, 11) is 1.83. The maximum absolute atomic E-state index is 13.0. The molecule has 1 atom stereocenters. The summed E-state index contributed by atoms with van der Waals surface area (Å²) < 4.78 is 0. The van der Waals surface area contributed by atoms with Crippen LogP contribution in [0.3, 0.4) is 0 Å². The zero-order chi connectivity index (χ0) is 21.3.